The van der Waals surface area contributed by atoms with Crippen molar-refractivity contribution in [3.8, 4) is 0 Å². The van der Waals surface area contributed by atoms with E-state index in [9.17, 15) is 4.79 Å². The molecule has 1 amide bonds. The minimum absolute atomic E-state index is 0.0996. The first-order chi connectivity index (χ1) is 11.2. The zero-order valence-corrected chi connectivity index (χ0v) is 13.3. The highest BCUT2D eigenvalue weighted by Gasteiger charge is 2.31. The standard InChI is InChI=1S/C15H17ClN6O/c16-10-7-19-22(8-10)6-5-17-14-11-3-4-18-15(23)12(11)20-13(21-14)9-1-2-9/h7-9H,1-6H2,(H,18,23)(H,17,20,21). The number of carbonyl (C=O) groups is 1. The maximum Gasteiger partial charge on any atom is 0.270 e. The fourth-order valence-electron chi connectivity index (χ4n) is 2.73. The van der Waals surface area contributed by atoms with Gasteiger partial charge in [0, 0.05) is 30.8 Å². The van der Waals surface area contributed by atoms with Gasteiger partial charge in [-0.2, -0.15) is 5.10 Å². The van der Waals surface area contributed by atoms with Gasteiger partial charge in [0.15, 0.2) is 0 Å². The number of hydrogen-bond acceptors (Lipinski definition) is 5. The van der Waals surface area contributed by atoms with E-state index in [1.165, 1.54) is 0 Å². The molecule has 2 aromatic rings. The maximum absolute atomic E-state index is 12.1. The van der Waals surface area contributed by atoms with Crippen molar-refractivity contribution in [1.82, 2.24) is 25.1 Å². The van der Waals surface area contributed by atoms with Crippen LogP contribution >= 0.6 is 11.6 Å². The molecule has 2 aliphatic rings. The van der Waals surface area contributed by atoms with E-state index in [1.54, 1.807) is 17.1 Å². The largest absolute Gasteiger partial charge is 0.368 e. The lowest BCUT2D eigenvalue weighted by Gasteiger charge is -2.20. The van der Waals surface area contributed by atoms with Crippen LogP contribution in [0.3, 0.4) is 0 Å². The van der Waals surface area contributed by atoms with E-state index in [0.29, 0.717) is 36.3 Å². The Kier molecular flexibility index (Phi) is 3.65. The molecule has 2 aromatic heterocycles. The van der Waals surface area contributed by atoms with Crippen molar-refractivity contribution in [3.63, 3.8) is 0 Å². The van der Waals surface area contributed by atoms with Crippen LogP contribution in [0.15, 0.2) is 12.4 Å². The van der Waals surface area contributed by atoms with Crippen LogP contribution in [0.5, 0.6) is 0 Å². The van der Waals surface area contributed by atoms with Crippen LogP contribution in [-0.4, -0.2) is 38.7 Å². The van der Waals surface area contributed by atoms with Crippen molar-refractivity contribution in [2.45, 2.75) is 31.7 Å². The number of fused-ring (bicyclic) bond motifs is 1. The first kappa shape index (κ1) is 14.4. The Morgan fingerprint density at radius 2 is 2.26 bits per heavy atom. The number of hydrogen-bond donors (Lipinski definition) is 2. The summed E-state index contributed by atoms with van der Waals surface area (Å²) in [5, 5.41) is 11.0. The highest BCUT2D eigenvalue weighted by atomic mass is 35.5. The second kappa shape index (κ2) is 5.81. The summed E-state index contributed by atoms with van der Waals surface area (Å²) in [6, 6.07) is 0. The molecule has 0 aromatic carbocycles. The molecular weight excluding hydrogens is 316 g/mol. The van der Waals surface area contributed by atoms with E-state index in [-0.39, 0.29) is 5.91 Å². The zero-order chi connectivity index (χ0) is 15.8. The molecule has 7 nitrogen and oxygen atoms in total. The van der Waals surface area contributed by atoms with Crippen molar-refractivity contribution in [3.05, 3.63) is 34.5 Å². The Morgan fingerprint density at radius 3 is 3.00 bits per heavy atom. The summed E-state index contributed by atoms with van der Waals surface area (Å²) in [6.45, 7) is 1.96. The monoisotopic (exact) mass is 332 g/mol. The Bertz CT molecular complexity index is 754. The highest BCUT2D eigenvalue weighted by Crippen LogP contribution is 2.39. The highest BCUT2D eigenvalue weighted by molar-refractivity contribution is 6.30. The van der Waals surface area contributed by atoms with Crippen molar-refractivity contribution < 1.29 is 4.79 Å². The summed E-state index contributed by atoms with van der Waals surface area (Å²) in [4.78, 5) is 21.2. The Balaban J connectivity index is 1.55. The molecule has 4 rings (SSSR count). The number of anilines is 1. The summed E-state index contributed by atoms with van der Waals surface area (Å²) in [6.07, 6.45) is 6.35. The molecule has 1 aliphatic carbocycles. The fraction of sp³-hybridized carbons (Fsp3) is 0.467. The van der Waals surface area contributed by atoms with Crippen LogP contribution in [0.1, 0.15) is 40.6 Å². The molecular formula is C15H17ClN6O. The van der Waals surface area contributed by atoms with Crippen molar-refractivity contribution in [2.75, 3.05) is 18.4 Å². The van der Waals surface area contributed by atoms with Gasteiger partial charge in [-0.3, -0.25) is 9.48 Å². The second-order valence-electron chi connectivity index (χ2n) is 5.89. The zero-order valence-electron chi connectivity index (χ0n) is 12.5. The molecule has 1 aliphatic heterocycles. The summed E-state index contributed by atoms with van der Waals surface area (Å²) < 4.78 is 1.78. The van der Waals surface area contributed by atoms with Gasteiger partial charge in [0.1, 0.15) is 17.3 Å². The normalized spacial score (nSPS) is 16.8. The van der Waals surface area contributed by atoms with Gasteiger partial charge in [0.25, 0.3) is 5.91 Å². The number of rotatable bonds is 5. The molecule has 1 fully saturated rings. The Morgan fingerprint density at radius 1 is 1.39 bits per heavy atom. The molecule has 23 heavy (non-hydrogen) atoms. The minimum Gasteiger partial charge on any atom is -0.368 e. The second-order valence-corrected chi connectivity index (χ2v) is 6.32. The van der Waals surface area contributed by atoms with Gasteiger partial charge in [0.05, 0.1) is 17.8 Å². The number of halogens is 1. The van der Waals surface area contributed by atoms with Crippen LogP contribution in [0, 0.1) is 0 Å². The number of carbonyl (C=O) groups excluding carboxylic acids is 1. The molecule has 0 unspecified atom stereocenters. The van der Waals surface area contributed by atoms with E-state index < -0.39 is 0 Å². The smallest absolute Gasteiger partial charge is 0.270 e. The van der Waals surface area contributed by atoms with E-state index in [0.717, 1.165) is 36.5 Å². The lowest BCUT2D eigenvalue weighted by molar-refractivity contribution is 0.0940. The molecule has 0 saturated heterocycles. The van der Waals surface area contributed by atoms with Crippen molar-refractivity contribution >= 4 is 23.3 Å². The van der Waals surface area contributed by atoms with Crippen LogP contribution < -0.4 is 10.6 Å². The average Bonchev–Trinajstić information content (AvgIpc) is 3.31. The van der Waals surface area contributed by atoms with Gasteiger partial charge in [-0.05, 0) is 19.3 Å². The van der Waals surface area contributed by atoms with Gasteiger partial charge >= 0.3 is 0 Å². The van der Waals surface area contributed by atoms with Crippen LogP contribution in [0.25, 0.3) is 0 Å². The van der Waals surface area contributed by atoms with Gasteiger partial charge in [-0.15, -0.1) is 0 Å². The molecule has 0 bridgehead atoms. The average molecular weight is 333 g/mol. The van der Waals surface area contributed by atoms with Crippen LogP contribution in [-0.2, 0) is 13.0 Å². The third kappa shape index (κ3) is 3.01. The number of amides is 1. The first-order valence-corrected chi connectivity index (χ1v) is 8.19. The number of aromatic nitrogens is 4. The van der Waals surface area contributed by atoms with E-state index in [2.05, 4.69) is 25.7 Å². The first-order valence-electron chi connectivity index (χ1n) is 7.81. The molecule has 1 saturated carbocycles. The summed E-state index contributed by atoms with van der Waals surface area (Å²) in [5.74, 6) is 1.87. The van der Waals surface area contributed by atoms with E-state index >= 15 is 0 Å². The van der Waals surface area contributed by atoms with Crippen molar-refractivity contribution in [1.29, 1.82) is 0 Å². The third-order valence-electron chi connectivity index (χ3n) is 4.08. The Labute approximate surface area is 138 Å². The summed E-state index contributed by atoms with van der Waals surface area (Å²) in [5.41, 5.74) is 1.44. The number of nitrogens with one attached hydrogen (secondary N) is 2. The molecule has 120 valence electrons. The minimum atomic E-state index is -0.0996. The lowest BCUT2D eigenvalue weighted by Crippen LogP contribution is -2.34. The lowest BCUT2D eigenvalue weighted by atomic mass is 10.1. The van der Waals surface area contributed by atoms with E-state index in [4.69, 9.17) is 11.6 Å². The number of nitrogens with zero attached hydrogens (tertiary/aromatic N) is 4. The van der Waals surface area contributed by atoms with E-state index in [1.807, 2.05) is 0 Å². The van der Waals surface area contributed by atoms with Crippen LogP contribution in [0.4, 0.5) is 5.82 Å². The molecule has 2 N–H and O–H groups in total. The van der Waals surface area contributed by atoms with Gasteiger partial charge in [-0.1, -0.05) is 11.6 Å². The molecule has 0 spiro atoms. The maximum atomic E-state index is 12.1. The van der Waals surface area contributed by atoms with Crippen molar-refractivity contribution in [2.24, 2.45) is 0 Å². The topological polar surface area (TPSA) is 84.7 Å². The van der Waals surface area contributed by atoms with Gasteiger partial charge < -0.3 is 10.6 Å². The van der Waals surface area contributed by atoms with Crippen LogP contribution in [0.2, 0.25) is 5.02 Å². The predicted octanol–water partition coefficient (Wildman–Crippen LogP) is 1.60. The SMILES string of the molecule is O=C1NCCc2c(NCCn3cc(Cl)cn3)nc(C3CC3)nc21. The quantitative estimate of drug-likeness (QED) is 0.868. The third-order valence-corrected chi connectivity index (χ3v) is 4.27. The molecule has 0 radical (unpaired) electrons. The Hall–Kier alpha value is -2.15. The summed E-state index contributed by atoms with van der Waals surface area (Å²) in [7, 11) is 0. The fourth-order valence-corrected chi connectivity index (χ4v) is 2.89. The van der Waals surface area contributed by atoms with Gasteiger partial charge in [-0.25, -0.2) is 9.97 Å². The predicted molar refractivity (Wildman–Crippen MR) is 85.8 cm³/mol. The van der Waals surface area contributed by atoms with Gasteiger partial charge in [0.2, 0.25) is 0 Å². The summed E-state index contributed by atoms with van der Waals surface area (Å²) >= 11 is 5.86. The molecule has 3 heterocycles. The molecule has 8 heteroatoms. The molecule has 0 atom stereocenters.